The molecule has 2 atom stereocenters. The Morgan fingerprint density at radius 2 is 1.82 bits per heavy atom. The molecule has 2 N–H and O–H groups in total. The smallest absolute Gasteiger partial charge is 0.315 e. The van der Waals surface area contributed by atoms with E-state index in [2.05, 4.69) is 41.6 Å². The third-order valence-electron chi connectivity index (χ3n) is 3.35. The predicted octanol–water partition coefficient (Wildman–Crippen LogP) is 2.59. The van der Waals surface area contributed by atoms with Crippen LogP contribution in [0.15, 0.2) is 4.42 Å². The maximum Gasteiger partial charge on any atom is 0.315 e. The first-order valence-corrected chi connectivity index (χ1v) is 6.39. The molecule has 1 aromatic rings. The summed E-state index contributed by atoms with van der Waals surface area (Å²) in [4.78, 5) is 0. The van der Waals surface area contributed by atoms with Gasteiger partial charge in [-0.05, 0) is 26.8 Å². The van der Waals surface area contributed by atoms with Gasteiger partial charge < -0.3 is 15.1 Å². The summed E-state index contributed by atoms with van der Waals surface area (Å²) < 4.78 is 5.55. The molecule has 1 rings (SSSR count). The van der Waals surface area contributed by atoms with Crippen LogP contribution in [0.2, 0.25) is 0 Å². The van der Waals surface area contributed by atoms with Gasteiger partial charge in [-0.1, -0.05) is 31.8 Å². The van der Waals surface area contributed by atoms with Gasteiger partial charge in [0.1, 0.15) is 0 Å². The molecule has 0 aliphatic rings. The molecule has 0 bridgehead atoms. The topological polar surface area (TPSA) is 63.0 Å². The summed E-state index contributed by atoms with van der Waals surface area (Å²) in [6.07, 6.45) is 2.30. The van der Waals surface area contributed by atoms with Crippen LogP contribution in [0.3, 0.4) is 0 Å². The van der Waals surface area contributed by atoms with Crippen LogP contribution in [0.1, 0.15) is 52.5 Å². The minimum Gasteiger partial charge on any atom is -0.406 e. The minimum absolute atomic E-state index is 0.0847. The molecule has 0 radical (unpaired) electrons. The Bertz CT molecular complexity index is 322. The second-order valence-electron chi connectivity index (χ2n) is 4.47. The normalized spacial score (nSPS) is 14.9. The largest absolute Gasteiger partial charge is 0.406 e. The summed E-state index contributed by atoms with van der Waals surface area (Å²) in [5.41, 5.74) is 0. The van der Waals surface area contributed by atoms with E-state index in [0.29, 0.717) is 23.9 Å². The molecule has 0 fully saturated rings. The molecule has 0 amide bonds. The molecule has 0 aliphatic carbocycles. The number of nitrogens with one attached hydrogen (secondary N) is 2. The Kier molecular flexibility index (Phi) is 5.41. The van der Waals surface area contributed by atoms with Crippen molar-refractivity contribution < 1.29 is 4.42 Å². The van der Waals surface area contributed by atoms with E-state index < -0.39 is 0 Å². The molecular weight excluding hydrogens is 216 g/mol. The molecule has 0 saturated heterocycles. The lowest BCUT2D eigenvalue weighted by Gasteiger charge is -2.21. The van der Waals surface area contributed by atoms with Crippen molar-refractivity contribution in [3.05, 3.63) is 5.89 Å². The fourth-order valence-electron chi connectivity index (χ4n) is 1.90. The third kappa shape index (κ3) is 3.70. The van der Waals surface area contributed by atoms with E-state index in [4.69, 9.17) is 4.42 Å². The van der Waals surface area contributed by atoms with E-state index in [1.807, 2.05) is 14.0 Å². The maximum atomic E-state index is 5.55. The predicted molar refractivity (Wildman–Crippen MR) is 68.9 cm³/mol. The van der Waals surface area contributed by atoms with Gasteiger partial charge in [-0.3, -0.25) is 0 Å². The molecule has 5 nitrogen and oxygen atoms in total. The summed E-state index contributed by atoms with van der Waals surface area (Å²) in [6, 6.07) is 0.950. The van der Waals surface area contributed by atoms with Gasteiger partial charge in [0, 0.05) is 6.04 Å². The van der Waals surface area contributed by atoms with E-state index in [1.54, 1.807) is 0 Å². The number of nitrogens with zero attached hydrogens (tertiary/aromatic N) is 2. The lowest BCUT2D eigenvalue weighted by atomic mass is 9.96. The van der Waals surface area contributed by atoms with E-state index in [9.17, 15) is 0 Å². The average Bonchev–Trinajstić information content (AvgIpc) is 2.78. The lowest BCUT2D eigenvalue weighted by Crippen LogP contribution is -2.25. The van der Waals surface area contributed by atoms with Crippen LogP contribution in [-0.4, -0.2) is 23.3 Å². The molecule has 0 saturated carbocycles. The van der Waals surface area contributed by atoms with Crippen LogP contribution in [0.5, 0.6) is 0 Å². The van der Waals surface area contributed by atoms with Crippen LogP contribution in [0.25, 0.3) is 0 Å². The van der Waals surface area contributed by atoms with E-state index in [0.717, 1.165) is 12.8 Å². The zero-order valence-corrected chi connectivity index (χ0v) is 11.4. The van der Waals surface area contributed by atoms with Crippen molar-refractivity contribution in [2.75, 3.05) is 12.4 Å². The zero-order chi connectivity index (χ0) is 12.8. The van der Waals surface area contributed by atoms with Crippen molar-refractivity contribution in [2.24, 2.45) is 5.92 Å². The molecule has 1 aromatic heterocycles. The first-order valence-electron chi connectivity index (χ1n) is 6.39. The highest BCUT2D eigenvalue weighted by molar-refractivity contribution is 5.19. The minimum atomic E-state index is 0.0847. The highest BCUT2D eigenvalue weighted by atomic mass is 16.4. The molecule has 0 aliphatic heterocycles. The highest BCUT2D eigenvalue weighted by Gasteiger charge is 2.17. The Morgan fingerprint density at radius 3 is 2.35 bits per heavy atom. The van der Waals surface area contributed by atoms with Gasteiger partial charge in [0.2, 0.25) is 5.89 Å². The average molecular weight is 240 g/mol. The fraction of sp³-hybridized carbons (Fsp3) is 0.833. The lowest BCUT2D eigenvalue weighted by molar-refractivity contribution is 0.409. The second-order valence-corrected chi connectivity index (χ2v) is 4.47. The van der Waals surface area contributed by atoms with Crippen molar-refractivity contribution in [3.63, 3.8) is 0 Å². The molecule has 17 heavy (non-hydrogen) atoms. The molecule has 5 heteroatoms. The third-order valence-corrected chi connectivity index (χ3v) is 3.35. The molecule has 98 valence electrons. The van der Waals surface area contributed by atoms with Crippen LogP contribution in [0.4, 0.5) is 6.01 Å². The van der Waals surface area contributed by atoms with Gasteiger partial charge in [0.25, 0.3) is 0 Å². The second kappa shape index (κ2) is 6.59. The summed E-state index contributed by atoms with van der Waals surface area (Å²) in [6.45, 7) is 8.55. The number of rotatable bonds is 7. The fourth-order valence-corrected chi connectivity index (χ4v) is 1.90. The SMILES string of the molecule is CCC(CC)C(C)Nc1nnc(C(C)NC)o1. The van der Waals surface area contributed by atoms with Gasteiger partial charge in [0.05, 0.1) is 6.04 Å². The van der Waals surface area contributed by atoms with Crippen molar-refractivity contribution in [2.45, 2.75) is 52.6 Å². The van der Waals surface area contributed by atoms with E-state index >= 15 is 0 Å². The number of anilines is 1. The summed E-state index contributed by atoms with van der Waals surface area (Å²) in [5.74, 6) is 1.25. The van der Waals surface area contributed by atoms with E-state index in [-0.39, 0.29) is 6.04 Å². The van der Waals surface area contributed by atoms with Crippen LogP contribution < -0.4 is 10.6 Å². The van der Waals surface area contributed by atoms with Crippen LogP contribution >= 0.6 is 0 Å². The monoisotopic (exact) mass is 240 g/mol. The Balaban J connectivity index is 2.59. The summed E-state index contributed by atoms with van der Waals surface area (Å²) in [5, 5.41) is 14.4. The highest BCUT2D eigenvalue weighted by Crippen LogP contribution is 2.18. The molecule has 1 heterocycles. The maximum absolute atomic E-state index is 5.55. The van der Waals surface area contributed by atoms with Crippen molar-refractivity contribution in [1.29, 1.82) is 0 Å². The van der Waals surface area contributed by atoms with Gasteiger partial charge >= 0.3 is 6.01 Å². The molecular formula is C12H24N4O. The molecule has 2 unspecified atom stereocenters. The summed E-state index contributed by atoms with van der Waals surface area (Å²) >= 11 is 0. The molecule has 0 spiro atoms. The quantitative estimate of drug-likeness (QED) is 0.767. The Hall–Kier alpha value is -1.10. The zero-order valence-electron chi connectivity index (χ0n) is 11.4. The Morgan fingerprint density at radius 1 is 1.18 bits per heavy atom. The Labute approximate surface area is 103 Å². The number of hydrogen-bond acceptors (Lipinski definition) is 5. The van der Waals surface area contributed by atoms with Gasteiger partial charge in [-0.25, -0.2) is 0 Å². The van der Waals surface area contributed by atoms with Crippen molar-refractivity contribution in [1.82, 2.24) is 15.5 Å². The van der Waals surface area contributed by atoms with E-state index in [1.165, 1.54) is 0 Å². The number of aromatic nitrogens is 2. The first-order chi connectivity index (χ1) is 8.12. The molecule has 0 aromatic carbocycles. The first kappa shape index (κ1) is 14.0. The van der Waals surface area contributed by atoms with Gasteiger partial charge in [-0.15, -0.1) is 5.10 Å². The van der Waals surface area contributed by atoms with Crippen LogP contribution in [-0.2, 0) is 0 Å². The van der Waals surface area contributed by atoms with Crippen molar-refractivity contribution in [3.8, 4) is 0 Å². The standard InChI is InChI=1S/C12H24N4O/c1-6-10(7-2)8(3)14-12-16-15-11(17-12)9(4)13-5/h8-10,13H,6-7H2,1-5H3,(H,14,16). The number of hydrogen-bond donors (Lipinski definition) is 2. The van der Waals surface area contributed by atoms with Crippen molar-refractivity contribution >= 4 is 6.01 Å². The van der Waals surface area contributed by atoms with Crippen LogP contribution in [0, 0.1) is 5.92 Å². The van der Waals surface area contributed by atoms with Gasteiger partial charge in [0.15, 0.2) is 0 Å². The van der Waals surface area contributed by atoms with Gasteiger partial charge in [-0.2, -0.15) is 0 Å². The summed E-state index contributed by atoms with van der Waals surface area (Å²) in [7, 11) is 1.87.